The SMILES string of the molecule is COc1ccc(OC)c(N(CC(=O)NCCCN2CCc3ccccc32)S(C)(=O)=O)c1. The second-order valence-corrected chi connectivity index (χ2v) is 9.28. The lowest BCUT2D eigenvalue weighted by Gasteiger charge is -2.24. The molecule has 0 saturated heterocycles. The maximum Gasteiger partial charge on any atom is 0.240 e. The molecule has 0 fully saturated rings. The quantitative estimate of drug-likeness (QED) is 0.561. The molecule has 0 aromatic heterocycles. The molecule has 3 rings (SSSR count). The third kappa shape index (κ3) is 5.61. The first-order valence-corrected chi connectivity index (χ1v) is 12.0. The second-order valence-electron chi connectivity index (χ2n) is 7.38. The molecule has 0 aliphatic carbocycles. The third-order valence-corrected chi connectivity index (χ3v) is 6.38. The standard InChI is InChI=1S/C22H29N3O5S/c1-29-18-9-10-21(30-2)20(15-18)25(31(3,27)28)16-22(26)23-12-6-13-24-14-11-17-7-4-5-8-19(17)24/h4-5,7-10,15H,6,11-14,16H2,1-3H3,(H,23,26). The Morgan fingerprint density at radius 3 is 2.65 bits per heavy atom. The fourth-order valence-corrected chi connectivity index (χ4v) is 4.55. The van der Waals surface area contributed by atoms with Gasteiger partial charge >= 0.3 is 0 Å². The number of rotatable bonds is 10. The van der Waals surface area contributed by atoms with Crippen LogP contribution < -0.4 is 24.0 Å². The van der Waals surface area contributed by atoms with Gasteiger partial charge in [-0.2, -0.15) is 0 Å². The van der Waals surface area contributed by atoms with Crippen LogP contribution in [0.2, 0.25) is 0 Å². The number of nitrogens with zero attached hydrogens (tertiary/aromatic N) is 2. The number of fused-ring (bicyclic) bond motifs is 1. The summed E-state index contributed by atoms with van der Waals surface area (Å²) in [6.45, 7) is 1.93. The number of sulfonamides is 1. The van der Waals surface area contributed by atoms with Crippen molar-refractivity contribution in [1.82, 2.24) is 5.32 Å². The van der Waals surface area contributed by atoms with Gasteiger partial charge in [-0.05, 0) is 36.6 Å². The first kappa shape index (κ1) is 22.7. The molecule has 0 saturated carbocycles. The Bertz CT molecular complexity index is 1030. The van der Waals surface area contributed by atoms with Crippen molar-refractivity contribution >= 4 is 27.3 Å². The summed E-state index contributed by atoms with van der Waals surface area (Å²) in [5.41, 5.74) is 2.86. The zero-order chi connectivity index (χ0) is 22.4. The fourth-order valence-electron chi connectivity index (χ4n) is 3.70. The molecule has 1 heterocycles. The van der Waals surface area contributed by atoms with Crippen LogP contribution in [-0.2, 0) is 21.2 Å². The van der Waals surface area contributed by atoms with E-state index in [9.17, 15) is 13.2 Å². The lowest BCUT2D eigenvalue weighted by molar-refractivity contribution is -0.119. The number of hydrogen-bond acceptors (Lipinski definition) is 6. The molecule has 0 atom stereocenters. The van der Waals surface area contributed by atoms with E-state index in [0.29, 0.717) is 18.0 Å². The highest BCUT2D eigenvalue weighted by atomic mass is 32.2. The minimum absolute atomic E-state index is 0.258. The zero-order valence-electron chi connectivity index (χ0n) is 18.1. The highest BCUT2D eigenvalue weighted by Gasteiger charge is 2.25. The molecule has 2 aromatic carbocycles. The summed E-state index contributed by atoms with van der Waals surface area (Å²) in [5.74, 6) is 0.430. The third-order valence-electron chi connectivity index (χ3n) is 5.25. The Hall–Kier alpha value is -2.94. The van der Waals surface area contributed by atoms with Crippen LogP contribution in [0.25, 0.3) is 0 Å². The molecule has 9 heteroatoms. The first-order chi connectivity index (χ1) is 14.8. The predicted molar refractivity (Wildman–Crippen MR) is 122 cm³/mol. The van der Waals surface area contributed by atoms with E-state index in [0.717, 1.165) is 36.5 Å². The Kier molecular flexibility index (Phi) is 7.27. The van der Waals surface area contributed by atoms with Crippen molar-refractivity contribution in [3.05, 3.63) is 48.0 Å². The molecule has 168 valence electrons. The molecule has 1 aliphatic rings. The smallest absolute Gasteiger partial charge is 0.240 e. The van der Waals surface area contributed by atoms with E-state index in [1.54, 1.807) is 12.1 Å². The number of para-hydroxylation sites is 1. The molecular formula is C22H29N3O5S. The maximum atomic E-state index is 12.5. The molecule has 1 N–H and O–H groups in total. The number of methoxy groups -OCH3 is 2. The summed E-state index contributed by atoms with van der Waals surface area (Å²) < 4.78 is 36.3. The van der Waals surface area contributed by atoms with E-state index in [1.807, 2.05) is 12.1 Å². The van der Waals surface area contributed by atoms with Crippen molar-refractivity contribution in [3.8, 4) is 11.5 Å². The monoisotopic (exact) mass is 447 g/mol. The lowest BCUT2D eigenvalue weighted by Crippen LogP contribution is -2.41. The highest BCUT2D eigenvalue weighted by molar-refractivity contribution is 7.92. The van der Waals surface area contributed by atoms with Crippen LogP contribution in [0, 0.1) is 0 Å². The summed E-state index contributed by atoms with van der Waals surface area (Å²) >= 11 is 0. The molecule has 2 aromatic rings. The number of carbonyl (C=O) groups excluding carboxylic acids is 1. The minimum atomic E-state index is -3.72. The van der Waals surface area contributed by atoms with Crippen molar-refractivity contribution in [3.63, 3.8) is 0 Å². The molecule has 0 radical (unpaired) electrons. The molecule has 8 nitrogen and oxygen atoms in total. The number of ether oxygens (including phenoxy) is 2. The van der Waals surface area contributed by atoms with E-state index < -0.39 is 10.0 Å². The van der Waals surface area contributed by atoms with E-state index >= 15 is 0 Å². The van der Waals surface area contributed by atoms with Crippen molar-refractivity contribution in [2.24, 2.45) is 0 Å². The molecular weight excluding hydrogens is 418 g/mol. The Morgan fingerprint density at radius 1 is 1.16 bits per heavy atom. The van der Waals surface area contributed by atoms with Crippen molar-refractivity contribution in [1.29, 1.82) is 0 Å². The zero-order valence-corrected chi connectivity index (χ0v) is 18.9. The number of hydrogen-bond donors (Lipinski definition) is 1. The summed E-state index contributed by atoms with van der Waals surface area (Å²) in [5, 5.41) is 2.83. The summed E-state index contributed by atoms with van der Waals surface area (Å²) in [7, 11) is -0.784. The number of amides is 1. The van der Waals surface area contributed by atoms with E-state index in [-0.39, 0.29) is 18.1 Å². The lowest BCUT2D eigenvalue weighted by atomic mass is 10.2. The largest absolute Gasteiger partial charge is 0.497 e. The number of carbonyl (C=O) groups is 1. The van der Waals surface area contributed by atoms with Crippen LogP contribution >= 0.6 is 0 Å². The maximum absolute atomic E-state index is 12.5. The molecule has 0 unspecified atom stereocenters. The highest BCUT2D eigenvalue weighted by Crippen LogP contribution is 2.33. The molecule has 0 spiro atoms. The Morgan fingerprint density at radius 2 is 1.94 bits per heavy atom. The summed E-state index contributed by atoms with van der Waals surface area (Å²) in [6, 6.07) is 13.2. The van der Waals surface area contributed by atoms with Crippen LogP contribution in [0.1, 0.15) is 12.0 Å². The number of anilines is 2. The molecule has 0 bridgehead atoms. The van der Waals surface area contributed by atoms with Crippen LogP contribution in [0.3, 0.4) is 0 Å². The van der Waals surface area contributed by atoms with Crippen molar-refractivity contribution in [2.45, 2.75) is 12.8 Å². The first-order valence-electron chi connectivity index (χ1n) is 10.1. The number of benzene rings is 2. The summed E-state index contributed by atoms with van der Waals surface area (Å²) in [6.07, 6.45) is 2.86. The topological polar surface area (TPSA) is 88.2 Å². The van der Waals surface area contributed by atoms with Crippen LogP contribution in [0.5, 0.6) is 11.5 Å². The van der Waals surface area contributed by atoms with Gasteiger partial charge in [-0.3, -0.25) is 9.10 Å². The van der Waals surface area contributed by atoms with E-state index in [4.69, 9.17) is 9.47 Å². The van der Waals surface area contributed by atoms with Crippen LogP contribution in [0.4, 0.5) is 11.4 Å². The van der Waals surface area contributed by atoms with E-state index in [2.05, 4.69) is 22.3 Å². The average molecular weight is 448 g/mol. The normalized spacial score (nSPS) is 12.9. The van der Waals surface area contributed by atoms with Gasteiger partial charge in [-0.15, -0.1) is 0 Å². The Balaban J connectivity index is 1.59. The van der Waals surface area contributed by atoms with Gasteiger partial charge in [-0.25, -0.2) is 8.42 Å². The van der Waals surface area contributed by atoms with Crippen LogP contribution in [-0.4, -0.2) is 61.0 Å². The van der Waals surface area contributed by atoms with Gasteiger partial charge in [0.15, 0.2) is 0 Å². The molecule has 31 heavy (non-hydrogen) atoms. The Labute approximate surface area is 183 Å². The predicted octanol–water partition coefficient (Wildman–Crippen LogP) is 2.04. The molecule has 1 aliphatic heterocycles. The van der Waals surface area contributed by atoms with Gasteiger partial charge in [-0.1, -0.05) is 18.2 Å². The fraction of sp³-hybridized carbons (Fsp3) is 0.409. The van der Waals surface area contributed by atoms with Gasteiger partial charge in [0.05, 0.1) is 26.2 Å². The van der Waals surface area contributed by atoms with Crippen molar-refractivity contribution < 1.29 is 22.7 Å². The van der Waals surface area contributed by atoms with Crippen molar-refractivity contribution in [2.75, 3.05) is 55.9 Å². The summed E-state index contributed by atoms with van der Waals surface area (Å²) in [4.78, 5) is 14.8. The van der Waals surface area contributed by atoms with Gasteiger partial charge < -0.3 is 19.7 Å². The second kappa shape index (κ2) is 9.91. The van der Waals surface area contributed by atoms with Gasteiger partial charge in [0.1, 0.15) is 18.0 Å². The van der Waals surface area contributed by atoms with E-state index in [1.165, 1.54) is 31.5 Å². The minimum Gasteiger partial charge on any atom is -0.497 e. The average Bonchev–Trinajstić information content (AvgIpc) is 3.17. The van der Waals surface area contributed by atoms with Gasteiger partial charge in [0, 0.05) is 31.4 Å². The molecule has 1 amide bonds. The van der Waals surface area contributed by atoms with Crippen LogP contribution in [0.15, 0.2) is 42.5 Å². The van der Waals surface area contributed by atoms with Gasteiger partial charge in [0.25, 0.3) is 0 Å². The number of nitrogens with one attached hydrogen (secondary N) is 1. The van der Waals surface area contributed by atoms with Gasteiger partial charge in [0.2, 0.25) is 15.9 Å².